The molecule has 2 amide bonds. The first-order valence-corrected chi connectivity index (χ1v) is 5.00. The maximum atomic E-state index is 11.5. The number of urea groups is 1. The first-order valence-electron chi connectivity index (χ1n) is 5.00. The molecule has 0 aromatic heterocycles. The highest BCUT2D eigenvalue weighted by molar-refractivity contribution is 5.76. The zero-order chi connectivity index (χ0) is 11.7. The molecule has 0 radical (unpaired) electrons. The highest BCUT2D eigenvalue weighted by atomic mass is 16.6. The molecule has 2 rings (SSSR count). The molecule has 1 saturated heterocycles. The van der Waals surface area contributed by atoms with Crippen LogP contribution in [0.5, 0.6) is 0 Å². The van der Waals surface area contributed by atoms with E-state index in [0.717, 1.165) is 4.90 Å². The Morgan fingerprint density at radius 1 is 1.50 bits per heavy atom. The molecular weight excluding hydrogens is 216 g/mol. The van der Waals surface area contributed by atoms with Crippen molar-refractivity contribution in [1.29, 1.82) is 0 Å². The summed E-state index contributed by atoms with van der Waals surface area (Å²) >= 11 is 0. The third kappa shape index (κ3) is 1.78. The number of hydrogen-bond acceptors (Lipinski definition) is 5. The van der Waals surface area contributed by atoms with Crippen molar-refractivity contribution in [3.8, 4) is 0 Å². The Labute approximate surface area is 91.9 Å². The van der Waals surface area contributed by atoms with Gasteiger partial charge in [0.15, 0.2) is 6.23 Å². The van der Waals surface area contributed by atoms with Crippen molar-refractivity contribution < 1.29 is 24.9 Å². The lowest BCUT2D eigenvalue weighted by Crippen LogP contribution is -2.50. The molecule has 16 heavy (non-hydrogen) atoms. The summed E-state index contributed by atoms with van der Waals surface area (Å²) < 4.78 is 5.21. The summed E-state index contributed by atoms with van der Waals surface area (Å²) in [5.74, 6) is 0. The fourth-order valence-electron chi connectivity index (χ4n) is 1.78. The lowest BCUT2D eigenvalue weighted by Gasteiger charge is -2.29. The van der Waals surface area contributed by atoms with Crippen LogP contribution in [0, 0.1) is 0 Å². The summed E-state index contributed by atoms with van der Waals surface area (Å²) in [5.41, 5.74) is 0. The Morgan fingerprint density at radius 3 is 2.81 bits per heavy atom. The van der Waals surface area contributed by atoms with Crippen LogP contribution in [0.3, 0.4) is 0 Å². The van der Waals surface area contributed by atoms with Gasteiger partial charge in [-0.3, -0.25) is 4.90 Å². The number of carbonyl (C=O) groups is 1. The monoisotopic (exact) mass is 230 g/mol. The van der Waals surface area contributed by atoms with E-state index in [9.17, 15) is 15.0 Å². The number of aliphatic hydroxyl groups excluding tert-OH is 3. The van der Waals surface area contributed by atoms with Crippen LogP contribution in [0.4, 0.5) is 4.79 Å². The molecule has 90 valence electrons. The lowest BCUT2D eigenvalue weighted by molar-refractivity contribution is -0.0656. The molecule has 0 aromatic carbocycles. The number of ether oxygens (including phenoxy) is 1. The minimum Gasteiger partial charge on any atom is -0.394 e. The Kier molecular flexibility index (Phi) is 3.10. The van der Waals surface area contributed by atoms with Crippen LogP contribution in [0.1, 0.15) is 0 Å². The highest BCUT2D eigenvalue weighted by Crippen LogP contribution is 2.24. The largest absolute Gasteiger partial charge is 0.394 e. The Hall–Kier alpha value is -1.15. The van der Waals surface area contributed by atoms with Crippen molar-refractivity contribution in [2.75, 3.05) is 13.2 Å². The minimum absolute atomic E-state index is 0.405. The standard InChI is InChI=1S/C9H14N2O5/c12-4-5-6(13)7(14)8(16-5)11-3-1-2-10-9(11)15/h1,3,5-8,12-14H,2,4H2,(H,10,15)/t5-,6-,7-,8-/m1/s1. The number of hydrogen-bond donors (Lipinski definition) is 4. The molecule has 0 aliphatic carbocycles. The second kappa shape index (κ2) is 4.38. The number of aliphatic hydroxyl groups is 3. The molecule has 4 atom stereocenters. The van der Waals surface area contributed by atoms with E-state index in [0.29, 0.717) is 6.54 Å². The highest BCUT2D eigenvalue weighted by Gasteiger charge is 2.46. The smallest absolute Gasteiger partial charge is 0.323 e. The van der Waals surface area contributed by atoms with Crippen molar-refractivity contribution in [2.45, 2.75) is 24.5 Å². The molecule has 0 unspecified atom stereocenters. The van der Waals surface area contributed by atoms with E-state index in [1.54, 1.807) is 6.08 Å². The van der Waals surface area contributed by atoms with Crippen LogP contribution in [-0.4, -0.2) is 63.9 Å². The third-order valence-corrected chi connectivity index (χ3v) is 2.66. The van der Waals surface area contributed by atoms with Gasteiger partial charge in [0.2, 0.25) is 0 Å². The van der Waals surface area contributed by atoms with Gasteiger partial charge in [-0.1, -0.05) is 0 Å². The molecular formula is C9H14N2O5. The van der Waals surface area contributed by atoms with Gasteiger partial charge in [-0.15, -0.1) is 0 Å². The van der Waals surface area contributed by atoms with Gasteiger partial charge in [-0.05, 0) is 6.08 Å². The summed E-state index contributed by atoms with van der Waals surface area (Å²) in [7, 11) is 0. The van der Waals surface area contributed by atoms with E-state index in [2.05, 4.69) is 5.32 Å². The number of nitrogens with one attached hydrogen (secondary N) is 1. The molecule has 2 aliphatic rings. The van der Waals surface area contributed by atoms with Crippen LogP contribution in [0.2, 0.25) is 0 Å². The van der Waals surface area contributed by atoms with Gasteiger partial charge in [-0.2, -0.15) is 0 Å². The molecule has 2 heterocycles. The van der Waals surface area contributed by atoms with Gasteiger partial charge in [0.1, 0.15) is 18.3 Å². The van der Waals surface area contributed by atoms with Crippen molar-refractivity contribution in [1.82, 2.24) is 10.2 Å². The second-order valence-electron chi connectivity index (χ2n) is 3.71. The summed E-state index contributed by atoms with van der Waals surface area (Å²) in [6.07, 6.45) is -1.09. The molecule has 0 saturated carbocycles. The zero-order valence-electron chi connectivity index (χ0n) is 8.48. The molecule has 7 nitrogen and oxygen atoms in total. The van der Waals surface area contributed by atoms with E-state index in [1.165, 1.54) is 6.20 Å². The molecule has 1 fully saturated rings. The number of amides is 2. The molecule has 0 bridgehead atoms. The fourth-order valence-corrected chi connectivity index (χ4v) is 1.78. The van der Waals surface area contributed by atoms with E-state index in [4.69, 9.17) is 9.84 Å². The van der Waals surface area contributed by atoms with Crippen molar-refractivity contribution >= 4 is 6.03 Å². The molecule has 0 spiro atoms. The van der Waals surface area contributed by atoms with Gasteiger partial charge < -0.3 is 25.4 Å². The SMILES string of the molecule is O=C1NCC=CN1[C@@H]1O[C@H](CO)[C@@H](O)[C@H]1O. The van der Waals surface area contributed by atoms with Gasteiger partial charge in [0.25, 0.3) is 0 Å². The van der Waals surface area contributed by atoms with Gasteiger partial charge in [0.05, 0.1) is 6.61 Å². The summed E-state index contributed by atoms with van der Waals surface area (Å²) in [6, 6.07) is -0.405. The lowest BCUT2D eigenvalue weighted by atomic mass is 10.1. The van der Waals surface area contributed by atoms with Crippen molar-refractivity contribution in [3.63, 3.8) is 0 Å². The van der Waals surface area contributed by atoms with E-state index >= 15 is 0 Å². The van der Waals surface area contributed by atoms with Crippen LogP contribution < -0.4 is 5.32 Å². The molecule has 4 N–H and O–H groups in total. The van der Waals surface area contributed by atoms with Crippen molar-refractivity contribution in [2.24, 2.45) is 0 Å². The van der Waals surface area contributed by atoms with E-state index in [1.807, 2.05) is 0 Å². The number of nitrogens with zero attached hydrogens (tertiary/aromatic N) is 1. The van der Waals surface area contributed by atoms with Gasteiger partial charge in [-0.25, -0.2) is 4.79 Å². The molecule has 2 aliphatic heterocycles. The van der Waals surface area contributed by atoms with Gasteiger partial charge in [0, 0.05) is 12.7 Å². The Bertz CT molecular complexity index is 308. The quantitative estimate of drug-likeness (QED) is 0.438. The Balaban J connectivity index is 2.13. The predicted molar refractivity (Wildman–Crippen MR) is 52.1 cm³/mol. The average Bonchev–Trinajstić information content (AvgIpc) is 2.57. The normalized spacial score (nSPS) is 38.9. The maximum Gasteiger partial charge on any atom is 0.323 e. The zero-order valence-corrected chi connectivity index (χ0v) is 8.48. The average molecular weight is 230 g/mol. The Morgan fingerprint density at radius 2 is 2.25 bits per heavy atom. The summed E-state index contributed by atoms with van der Waals surface area (Å²) in [5, 5.41) is 30.7. The predicted octanol–water partition coefficient (Wildman–Crippen LogP) is -2.04. The topological polar surface area (TPSA) is 102 Å². The summed E-state index contributed by atoms with van der Waals surface area (Å²) in [4.78, 5) is 12.6. The van der Waals surface area contributed by atoms with Crippen molar-refractivity contribution in [3.05, 3.63) is 12.3 Å². The van der Waals surface area contributed by atoms with Gasteiger partial charge >= 0.3 is 6.03 Å². The van der Waals surface area contributed by atoms with Crippen LogP contribution in [0.15, 0.2) is 12.3 Å². The first-order chi connectivity index (χ1) is 7.65. The second-order valence-corrected chi connectivity index (χ2v) is 3.71. The van der Waals surface area contributed by atoms with Crippen LogP contribution in [0.25, 0.3) is 0 Å². The molecule has 7 heteroatoms. The number of carbonyl (C=O) groups excluding carboxylic acids is 1. The minimum atomic E-state index is -1.23. The molecule has 0 aromatic rings. The maximum absolute atomic E-state index is 11.5. The third-order valence-electron chi connectivity index (χ3n) is 2.66. The van der Waals surface area contributed by atoms with E-state index < -0.39 is 37.2 Å². The first kappa shape index (κ1) is 11.3. The van der Waals surface area contributed by atoms with Crippen LogP contribution >= 0.6 is 0 Å². The summed E-state index contributed by atoms with van der Waals surface area (Å²) in [6.45, 7) is 0.0119. The number of rotatable bonds is 2. The van der Waals surface area contributed by atoms with Crippen LogP contribution in [-0.2, 0) is 4.74 Å². The van der Waals surface area contributed by atoms with E-state index in [-0.39, 0.29) is 0 Å². The fraction of sp³-hybridized carbons (Fsp3) is 0.667.